The maximum atomic E-state index is 12.3. The van der Waals surface area contributed by atoms with Crippen LogP contribution in [0.2, 0.25) is 0 Å². The van der Waals surface area contributed by atoms with Crippen molar-refractivity contribution in [3.63, 3.8) is 0 Å². The fraction of sp³-hybridized carbons (Fsp3) is 0.182. The first-order valence-electron chi connectivity index (χ1n) is 9.32. The molecule has 0 aliphatic carbocycles. The van der Waals surface area contributed by atoms with Crippen LogP contribution >= 0.6 is 11.3 Å². The fourth-order valence-corrected chi connectivity index (χ4v) is 3.65. The molecule has 0 spiro atoms. The minimum atomic E-state index is -0.537. The molecular weight excluding hydrogens is 402 g/mol. The van der Waals surface area contributed by atoms with Crippen molar-refractivity contribution in [3.8, 4) is 22.1 Å². The molecule has 0 radical (unpaired) electrons. The monoisotopic (exact) mass is 421 g/mol. The Bertz CT molecular complexity index is 1190. The van der Waals surface area contributed by atoms with Gasteiger partial charge in [0.25, 0.3) is 0 Å². The smallest absolute Gasteiger partial charge is 0.358 e. The molecule has 30 heavy (non-hydrogen) atoms. The lowest BCUT2D eigenvalue weighted by Gasteiger charge is -2.09. The molecule has 7 nitrogen and oxygen atoms in total. The number of carbonyl (C=O) groups is 1. The lowest BCUT2D eigenvalue weighted by Crippen LogP contribution is -2.08. The molecule has 0 bridgehead atoms. The van der Waals surface area contributed by atoms with Crippen LogP contribution in [0.15, 0.2) is 54.0 Å². The summed E-state index contributed by atoms with van der Waals surface area (Å²) in [6.45, 7) is 2.54. The maximum absolute atomic E-state index is 12.3. The molecule has 2 aromatic carbocycles. The molecule has 0 atom stereocenters. The van der Waals surface area contributed by atoms with Crippen molar-refractivity contribution in [2.24, 2.45) is 0 Å². The van der Waals surface area contributed by atoms with E-state index >= 15 is 0 Å². The van der Waals surface area contributed by atoms with Crippen LogP contribution in [0.25, 0.3) is 21.6 Å². The summed E-state index contributed by atoms with van der Waals surface area (Å²) in [5.41, 5.74) is 3.10. The third kappa shape index (κ3) is 4.23. The second-order valence-electron chi connectivity index (χ2n) is 6.26. The third-order valence-electron chi connectivity index (χ3n) is 4.27. The summed E-state index contributed by atoms with van der Waals surface area (Å²) >= 11 is 1.46. The van der Waals surface area contributed by atoms with Crippen molar-refractivity contribution >= 4 is 28.3 Å². The van der Waals surface area contributed by atoms with Crippen molar-refractivity contribution in [1.82, 2.24) is 15.0 Å². The third-order valence-corrected chi connectivity index (χ3v) is 5.21. The molecule has 0 amide bonds. The van der Waals surface area contributed by atoms with E-state index < -0.39 is 5.97 Å². The summed E-state index contributed by atoms with van der Waals surface area (Å²) in [5.74, 6) is 0.795. The van der Waals surface area contributed by atoms with Crippen LogP contribution in [0.5, 0.6) is 11.5 Å². The molecule has 2 heterocycles. The number of methoxy groups -OCH3 is 1. The predicted octanol–water partition coefficient (Wildman–Crippen LogP) is 4.52. The second-order valence-corrected chi connectivity index (χ2v) is 7.12. The van der Waals surface area contributed by atoms with Crippen LogP contribution in [-0.2, 0) is 11.3 Å². The van der Waals surface area contributed by atoms with E-state index in [1.165, 1.54) is 17.5 Å². The number of aromatic nitrogens is 3. The van der Waals surface area contributed by atoms with E-state index in [-0.39, 0.29) is 12.3 Å². The summed E-state index contributed by atoms with van der Waals surface area (Å²) in [6, 6.07) is 13.0. The van der Waals surface area contributed by atoms with Crippen LogP contribution in [0.3, 0.4) is 0 Å². The van der Waals surface area contributed by atoms with Crippen LogP contribution in [0.1, 0.15) is 23.1 Å². The number of hydrogen-bond acceptors (Lipinski definition) is 8. The van der Waals surface area contributed by atoms with Gasteiger partial charge in [0.2, 0.25) is 0 Å². The molecular formula is C22H19N3O4S. The van der Waals surface area contributed by atoms with E-state index in [1.807, 2.05) is 48.7 Å². The highest BCUT2D eigenvalue weighted by Crippen LogP contribution is 2.33. The molecule has 4 aromatic rings. The highest BCUT2D eigenvalue weighted by molar-refractivity contribution is 7.13. The number of hydrogen-bond donors (Lipinski definition) is 0. The first-order valence-corrected chi connectivity index (χ1v) is 10.2. The summed E-state index contributed by atoms with van der Waals surface area (Å²) in [7, 11) is 1.60. The Morgan fingerprint density at radius 3 is 2.70 bits per heavy atom. The van der Waals surface area contributed by atoms with Gasteiger partial charge in [0.1, 0.15) is 11.6 Å². The number of nitrogens with zero attached hydrogens (tertiary/aromatic N) is 3. The van der Waals surface area contributed by atoms with Crippen molar-refractivity contribution in [2.45, 2.75) is 13.5 Å². The molecule has 0 saturated heterocycles. The average molecular weight is 421 g/mol. The number of benzene rings is 2. The normalized spacial score (nSPS) is 10.7. The molecule has 2 aromatic heterocycles. The topological polar surface area (TPSA) is 83.4 Å². The van der Waals surface area contributed by atoms with Gasteiger partial charge in [-0.05, 0) is 37.3 Å². The Morgan fingerprint density at radius 2 is 1.90 bits per heavy atom. The zero-order valence-electron chi connectivity index (χ0n) is 16.5. The predicted molar refractivity (Wildman–Crippen MR) is 114 cm³/mol. The number of para-hydroxylation sites is 2. The quantitative estimate of drug-likeness (QED) is 0.406. The van der Waals surface area contributed by atoms with E-state index in [9.17, 15) is 4.79 Å². The van der Waals surface area contributed by atoms with E-state index in [0.717, 1.165) is 16.1 Å². The summed E-state index contributed by atoms with van der Waals surface area (Å²) in [4.78, 5) is 25.4. The fourth-order valence-electron chi connectivity index (χ4n) is 2.85. The average Bonchev–Trinajstić information content (AvgIpc) is 3.26. The SMILES string of the molecule is CCOc1ccc(-c2nc(COC(=O)c3cnc4ccccc4n3)cs2)cc1OC. The molecule has 0 fully saturated rings. The number of ether oxygens (including phenoxy) is 3. The van der Waals surface area contributed by atoms with Crippen LogP contribution in [-0.4, -0.2) is 34.6 Å². The molecule has 152 valence electrons. The standard InChI is InChI=1S/C22H19N3O4S/c1-3-28-19-9-8-14(10-20(19)27-2)21-24-15(13-30-21)12-29-22(26)18-11-23-16-6-4-5-7-17(16)25-18/h4-11,13H,3,12H2,1-2H3. The number of carbonyl (C=O) groups excluding carboxylic acids is 1. The Morgan fingerprint density at radius 1 is 1.07 bits per heavy atom. The lowest BCUT2D eigenvalue weighted by molar-refractivity contribution is 0.0461. The van der Waals surface area contributed by atoms with Gasteiger partial charge in [-0.1, -0.05) is 12.1 Å². The second kappa shape index (κ2) is 8.87. The Hall–Kier alpha value is -3.52. The minimum Gasteiger partial charge on any atom is -0.493 e. The van der Waals surface area contributed by atoms with Crippen molar-refractivity contribution < 1.29 is 19.0 Å². The largest absolute Gasteiger partial charge is 0.493 e. The van der Waals surface area contributed by atoms with Crippen LogP contribution < -0.4 is 9.47 Å². The van der Waals surface area contributed by atoms with Gasteiger partial charge in [-0.3, -0.25) is 4.98 Å². The Kier molecular flexibility index (Phi) is 5.85. The number of rotatable bonds is 7. The van der Waals surface area contributed by atoms with Gasteiger partial charge in [0.05, 0.1) is 36.6 Å². The molecule has 8 heteroatoms. The first kappa shape index (κ1) is 19.8. The van der Waals surface area contributed by atoms with E-state index in [1.54, 1.807) is 13.2 Å². The number of fused-ring (bicyclic) bond motifs is 1. The summed E-state index contributed by atoms with van der Waals surface area (Å²) in [6.07, 6.45) is 1.42. The zero-order chi connectivity index (χ0) is 20.9. The Balaban J connectivity index is 1.44. The van der Waals surface area contributed by atoms with Gasteiger partial charge in [0, 0.05) is 10.9 Å². The van der Waals surface area contributed by atoms with E-state index in [0.29, 0.717) is 29.3 Å². The molecule has 0 saturated carbocycles. The first-order chi connectivity index (χ1) is 14.7. The van der Waals surface area contributed by atoms with Crippen molar-refractivity contribution in [1.29, 1.82) is 0 Å². The van der Waals surface area contributed by atoms with E-state index in [2.05, 4.69) is 15.0 Å². The van der Waals surface area contributed by atoms with Gasteiger partial charge in [-0.2, -0.15) is 0 Å². The lowest BCUT2D eigenvalue weighted by atomic mass is 10.2. The van der Waals surface area contributed by atoms with Crippen LogP contribution in [0, 0.1) is 0 Å². The van der Waals surface area contributed by atoms with Crippen molar-refractivity contribution in [3.05, 3.63) is 65.4 Å². The van der Waals surface area contributed by atoms with Crippen molar-refractivity contribution in [2.75, 3.05) is 13.7 Å². The summed E-state index contributed by atoms with van der Waals surface area (Å²) < 4.78 is 16.3. The Labute approximate surface area is 177 Å². The molecule has 0 aliphatic heterocycles. The van der Waals surface area contributed by atoms with Gasteiger partial charge >= 0.3 is 5.97 Å². The van der Waals surface area contributed by atoms with Gasteiger partial charge in [-0.15, -0.1) is 11.3 Å². The highest BCUT2D eigenvalue weighted by Gasteiger charge is 2.14. The zero-order valence-corrected chi connectivity index (χ0v) is 17.3. The maximum Gasteiger partial charge on any atom is 0.358 e. The van der Waals surface area contributed by atoms with Gasteiger partial charge in [0.15, 0.2) is 17.2 Å². The summed E-state index contributed by atoms with van der Waals surface area (Å²) in [5, 5.41) is 2.66. The van der Waals surface area contributed by atoms with Gasteiger partial charge < -0.3 is 14.2 Å². The molecule has 4 rings (SSSR count). The molecule has 0 aliphatic rings. The van der Waals surface area contributed by atoms with E-state index in [4.69, 9.17) is 14.2 Å². The minimum absolute atomic E-state index is 0.0536. The number of thiazole rings is 1. The van der Waals surface area contributed by atoms with Gasteiger partial charge in [-0.25, -0.2) is 14.8 Å². The van der Waals surface area contributed by atoms with Crippen LogP contribution in [0.4, 0.5) is 0 Å². The highest BCUT2D eigenvalue weighted by atomic mass is 32.1. The molecule has 0 unspecified atom stereocenters. The molecule has 0 N–H and O–H groups in total. The number of esters is 1.